The number of ether oxygens (including phenoxy) is 3. The molecule has 0 spiro atoms. The third-order valence-electron chi connectivity index (χ3n) is 4.89. The van der Waals surface area contributed by atoms with Crippen LogP contribution in [0.3, 0.4) is 0 Å². The summed E-state index contributed by atoms with van der Waals surface area (Å²) in [4.78, 5) is 27.0. The first-order chi connectivity index (χ1) is 17.5. The van der Waals surface area contributed by atoms with Gasteiger partial charge in [0.25, 0.3) is 5.79 Å². The number of H-pyrrole nitrogens is 1. The monoisotopic (exact) mass is 555 g/mol. The quantitative estimate of drug-likeness (QED) is 0.195. The van der Waals surface area contributed by atoms with Crippen LogP contribution in [0.15, 0.2) is 47.4 Å². The number of rotatable bonds is 10. The van der Waals surface area contributed by atoms with Gasteiger partial charge in [-0.15, -0.1) is 6.42 Å². The van der Waals surface area contributed by atoms with Crippen molar-refractivity contribution in [1.29, 1.82) is 0 Å². The van der Waals surface area contributed by atoms with Gasteiger partial charge < -0.3 is 18.7 Å². The van der Waals surface area contributed by atoms with Crippen LogP contribution in [0.1, 0.15) is 27.0 Å². The number of alkyl halides is 1. The molecule has 2 aromatic rings. The topological polar surface area (TPSA) is 130 Å². The minimum atomic E-state index is -4.33. The fourth-order valence-electron chi connectivity index (χ4n) is 3.16. The lowest BCUT2D eigenvalue weighted by atomic mass is 10.2. The summed E-state index contributed by atoms with van der Waals surface area (Å²) in [5.41, 5.74) is -0.730. The molecule has 2 N–H and O–H groups in total. The lowest BCUT2D eigenvalue weighted by molar-refractivity contribution is -0.310. The molecule has 14 heteroatoms. The molecule has 1 aromatic carbocycles. The summed E-state index contributed by atoms with van der Waals surface area (Å²) in [6.07, 6.45) is 3.18. The van der Waals surface area contributed by atoms with Crippen molar-refractivity contribution in [2.24, 2.45) is 0 Å². The SMILES string of the molecule is C#C[C@@]1(COP(=O)(N[C@@H](C)C(=O)OC(C)C)Oc2ccccc2)OCC(F)[C@H](n2ccc(=S)[nH]c2=O)O1. The normalized spacial score (nSPS) is 24.0. The van der Waals surface area contributed by atoms with Crippen molar-refractivity contribution in [3.05, 3.63) is 57.7 Å². The molecule has 1 aliphatic rings. The molecule has 1 saturated heterocycles. The van der Waals surface area contributed by atoms with E-state index in [2.05, 4.69) is 16.0 Å². The number of hydrogen-bond acceptors (Lipinski definition) is 9. The molecule has 200 valence electrons. The van der Waals surface area contributed by atoms with Crippen molar-refractivity contribution >= 4 is 25.9 Å². The number of aromatic nitrogens is 2. The Kier molecular flexibility index (Phi) is 9.41. The van der Waals surface area contributed by atoms with E-state index in [0.29, 0.717) is 0 Å². The number of hydrogen-bond donors (Lipinski definition) is 2. The molecule has 1 aromatic heterocycles. The lowest BCUT2D eigenvalue weighted by Crippen LogP contribution is -2.52. The van der Waals surface area contributed by atoms with Gasteiger partial charge in [-0.3, -0.25) is 18.9 Å². The fraction of sp³-hybridized carbons (Fsp3) is 0.435. The molecule has 37 heavy (non-hydrogen) atoms. The zero-order chi connectivity index (χ0) is 27.2. The smallest absolute Gasteiger partial charge is 0.459 e. The predicted octanol–water partition coefficient (Wildman–Crippen LogP) is 3.25. The molecular weight excluding hydrogens is 528 g/mol. The molecule has 3 rings (SSSR count). The van der Waals surface area contributed by atoms with E-state index in [1.807, 2.05) is 0 Å². The Morgan fingerprint density at radius 1 is 1.38 bits per heavy atom. The summed E-state index contributed by atoms with van der Waals surface area (Å²) < 4.78 is 56.8. The first kappa shape index (κ1) is 28.7. The number of para-hydroxylation sites is 1. The van der Waals surface area contributed by atoms with E-state index in [9.17, 15) is 18.5 Å². The molecule has 0 aliphatic carbocycles. The van der Waals surface area contributed by atoms with Crippen LogP contribution in [0, 0.1) is 17.0 Å². The number of esters is 1. The van der Waals surface area contributed by atoms with Gasteiger partial charge in [-0.1, -0.05) is 30.4 Å². The number of benzene rings is 1. The minimum absolute atomic E-state index is 0.144. The highest BCUT2D eigenvalue weighted by molar-refractivity contribution is 7.71. The number of aromatic amines is 1. The number of halogens is 1. The molecule has 11 nitrogen and oxygen atoms in total. The molecule has 2 unspecified atom stereocenters. The van der Waals surface area contributed by atoms with Crippen LogP contribution in [0.4, 0.5) is 4.39 Å². The van der Waals surface area contributed by atoms with Crippen LogP contribution in [0.2, 0.25) is 0 Å². The number of nitrogens with one attached hydrogen (secondary N) is 2. The van der Waals surface area contributed by atoms with Crippen molar-refractivity contribution in [2.45, 2.75) is 51.1 Å². The average molecular weight is 556 g/mol. The van der Waals surface area contributed by atoms with Gasteiger partial charge in [-0.2, -0.15) is 5.09 Å². The number of carbonyl (C=O) groups is 1. The van der Waals surface area contributed by atoms with Crippen LogP contribution in [-0.2, 0) is 28.1 Å². The molecule has 0 saturated carbocycles. The van der Waals surface area contributed by atoms with Gasteiger partial charge in [0.05, 0.1) is 12.7 Å². The highest BCUT2D eigenvalue weighted by atomic mass is 32.1. The second-order valence-electron chi connectivity index (χ2n) is 8.26. The average Bonchev–Trinajstić information content (AvgIpc) is 2.84. The molecule has 0 amide bonds. The highest BCUT2D eigenvalue weighted by Gasteiger charge is 2.46. The van der Waals surface area contributed by atoms with Gasteiger partial charge in [0.1, 0.15) is 23.0 Å². The highest BCUT2D eigenvalue weighted by Crippen LogP contribution is 2.46. The standard InChI is InChI=1S/C23H27FN3O8PS/c1-5-23(31-13-18(24)20(34-23)27-12-11-19(37)25-22(27)29)14-32-36(30,35-17-9-7-6-8-10-17)26-16(4)21(28)33-15(2)3/h1,6-12,15-16,18,20H,13-14H2,2-4H3,(H,26,30)(H,25,29,37)/t16-,18?,20+,23+,36?/m0/s1. The van der Waals surface area contributed by atoms with Crippen LogP contribution in [0.25, 0.3) is 0 Å². The van der Waals surface area contributed by atoms with Crippen LogP contribution in [0.5, 0.6) is 5.75 Å². The molecule has 2 heterocycles. The van der Waals surface area contributed by atoms with Crippen LogP contribution >= 0.6 is 20.0 Å². The zero-order valence-electron chi connectivity index (χ0n) is 20.3. The van der Waals surface area contributed by atoms with Crippen molar-refractivity contribution in [1.82, 2.24) is 14.6 Å². The van der Waals surface area contributed by atoms with E-state index in [1.54, 1.807) is 32.0 Å². The maximum atomic E-state index is 14.7. The van der Waals surface area contributed by atoms with E-state index in [1.165, 1.54) is 31.3 Å². The molecule has 0 radical (unpaired) electrons. The minimum Gasteiger partial charge on any atom is -0.462 e. The Labute approximate surface area is 217 Å². The number of terminal acetylenes is 1. The Hall–Kier alpha value is -2.85. The first-order valence-electron chi connectivity index (χ1n) is 11.2. The molecule has 0 bridgehead atoms. The van der Waals surface area contributed by atoms with E-state index >= 15 is 0 Å². The molecule has 1 fully saturated rings. The van der Waals surface area contributed by atoms with Gasteiger partial charge in [-0.25, -0.2) is 13.8 Å². The van der Waals surface area contributed by atoms with E-state index < -0.39 is 63.0 Å². The summed E-state index contributed by atoms with van der Waals surface area (Å²) in [5, 5.41) is 2.51. The van der Waals surface area contributed by atoms with E-state index in [-0.39, 0.29) is 10.4 Å². The second-order valence-corrected chi connectivity index (χ2v) is 10.4. The Balaban J connectivity index is 1.84. The predicted molar refractivity (Wildman–Crippen MR) is 133 cm³/mol. The summed E-state index contributed by atoms with van der Waals surface area (Å²) in [6.45, 7) is 3.46. The Morgan fingerprint density at radius 2 is 2.08 bits per heavy atom. The second kappa shape index (κ2) is 12.1. The van der Waals surface area contributed by atoms with Crippen molar-refractivity contribution in [3.63, 3.8) is 0 Å². The zero-order valence-corrected chi connectivity index (χ0v) is 22.0. The lowest BCUT2D eigenvalue weighted by Gasteiger charge is -2.39. The summed E-state index contributed by atoms with van der Waals surface area (Å²) in [7, 11) is -4.33. The van der Waals surface area contributed by atoms with Gasteiger partial charge in [-0.05, 0) is 44.9 Å². The largest absolute Gasteiger partial charge is 0.462 e. The van der Waals surface area contributed by atoms with E-state index in [4.69, 9.17) is 41.9 Å². The maximum absolute atomic E-state index is 14.7. The van der Waals surface area contributed by atoms with Crippen LogP contribution in [-0.4, -0.2) is 52.8 Å². The van der Waals surface area contributed by atoms with Crippen LogP contribution < -0.4 is 15.3 Å². The first-order valence-corrected chi connectivity index (χ1v) is 13.1. The molecule has 5 atom stereocenters. The summed E-state index contributed by atoms with van der Waals surface area (Å²) in [6, 6.07) is 8.31. The van der Waals surface area contributed by atoms with Crippen molar-refractivity contribution in [3.8, 4) is 18.1 Å². The van der Waals surface area contributed by atoms with E-state index in [0.717, 1.165) is 4.57 Å². The van der Waals surface area contributed by atoms with Gasteiger partial charge in [0, 0.05) is 6.20 Å². The fourth-order valence-corrected chi connectivity index (χ4v) is 4.80. The van der Waals surface area contributed by atoms with Gasteiger partial charge in [0.2, 0.25) is 0 Å². The molecular formula is C23H27FN3O8PS. The third kappa shape index (κ3) is 7.58. The summed E-state index contributed by atoms with van der Waals surface area (Å²) >= 11 is 4.90. The Morgan fingerprint density at radius 3 is 2.70 bits per heavy atom. The Bertz CT molecular complexity index is 1300. The van der Waals surface area contributed by atoms with Gasteiger partial charge >= 0.3 is 19.4 Å². The molecule has 1 aliphatic heterocycles. The van der Waals surface area contributed by atoms with Crippen molar-refractivity contribution in [2.75, 3.05) is 13.2 Å². The van der Waals surface area contributed by atoms with Crippen molar-refractivity contribution < 1.29 is 37.0 Å². The number of carbonyl (C=O) groups excluding carboxylic acids is 1. The maximum Gasteiger partial charge on any atom is 0.459 e. The third-order valence-corrected chi connectivity index (χ3v) is 6.75. The summed E-state index contributed by atoms with van der Waals surface area (Å²) in [5.74, 6) is -0.366. The van der Waals surface area contributed by atoms with Gasteiger partial charge in [0.15, 0.2) is 12.4 Å². The number of nitrogens with zero attached hydrogens (tertiary/aromatic N) is 1.